The van der Waals surface area contributed by atoms with Gasteiger partial charge in [-0.3, -0.25) is 5.41 Å². The van der Waals surface area contributed by atoms with Gasteiger partial charge in [0.2, 0.25) is 6.79 Å². The molecule has 35 heavy (non-hydrogen) atoms. The van der Waals surface area contributed by atoms with Gasteiger partial charge in [0.15, 0.2) is 27.8 Å². The Labute approximate surface area is 215 Å². The van der Waals surface area contributed by atoms with Crippen LogP contribution in [0, 0.1) is 11.3 Å². The quantitative estimate of drug-likeness (QED) is 0.469. The molecule has 1 saturated heterocycles. The molecule has 1 fully saturated rings. The number of H-pyrrole nitrogens is 1. The fourth-order valence-corrected chi connectivity index (χ4v) is 5.52. The number of nitrogens with one attached hydrogen (secondary N) is 2. The van der Waals surface area contributed by atoms with Gasteiger partial charge in [0.05, 0.1) is 6.33 Å². The molecular weight excluding hydrogens is 536 g/mol. The summed E-state index contributed by atoms with van der Waals surface area (Å²) in [5, 5.41) is 8.89. The number of amides is 1. The number of carbonyl (C=O) groups excluding carboxylic acids is 1. The first-order valence-corrected chi connectivity index (χ1v) is 13.0. The second kappa shape index (κ2) is 9.38. The number of benzene rings is 1. The van der Waals surface area contributed by atoms with E-state index >= 15 is 0 Å². The molecule has 1 amide bonds. The van der Waals surface area contributed by atoms with Crippen LogP contribution in [-0.4, -0.2) is 56.0 Å². The largest absolute Gasteiger partial charge is 0.454 e. The fraction of sp³-hybridized carbons (Fsp3) is 0.478. The number of aryl methyl sites for hydroxylation is 1. The number of fused-ring (bicyclic) bond motifs is 2. The van der Waals surface area contributed by atoms with Crippen LogP contribution in [0.3, 0.4) is 0 Å². The number of imidazole rings is 1. The zero-order valence-corrected chi connectivity index (χ0v) is 22.2. The Kier molecular flexibility index (Phi) is 6.43. The summed E-state index contributed by atoms with van der Waals surface area (Å²) < 4.78 is 19.3. The topological polar surface area (TPSA) is 118 Å². The SMILES string of the molecule is CC(C)(C)OC(=O)N1CC[C@@H](CCn2cnc(=N)c3[nH]c(Sc4cc5c(cc4Br)OCO5)nc32)C1. The van der Waals surface area contributed by atoms with Crippen molar-refractivity contribution in [1.82, 2.24) is 24.4 Å². The Morgan fingerprint density at radius 2 is 2.11 bits per heavy atom. The molecule has 2 N–H and O–H groups in total. The van der Waals surface area contributed by atoms with Crippen molar-refractivity contribution in [1.29, 1.82) is 5.41 Å². The number of nitrogens with zero attached hydrogens (tertiary/aromatic N) is 4. The second-order valence-electron chi connectivity index (χ2n) is 9.63. The normalized spacial score (nSPS) is 17.4. The lowest BCUT2D eigenvalue weighted by Gasteiger charge is -2.24. The van der Waals surface area contributed by atoms with Crippen molar-refractivity contribution in [2.45, 2.75) is 55.8 Å². The summed E-state index contributed by atoms with van der Waals surface area (Å²) in [6, 6.07) is 3.79. The van der Waals surface area contributed by atoms with Gasteiger partial charge in [0, 0.05) is 29.0 Å². The maximum atomic E-state index is 12.4. The maximum Gasteiger partial charge on any atom is 0.410 e. The minimum absolute atomic E-state index is 0.150. The number of halogens is 1. The number of ether oxygens (including phenoxy) is 3. The lowest BCUT2D eigenvalue weighted by molar-refractivity contribution is 0.0287. The number of aromatic amines is 1. The zero-order valence-electron chi connectivity index (χ0n) is 19.8. The molecule has 0 unspecified atom stereocenters. The summed E-state index contributed by atoms with van der Waals surface area (Å²) in [5.41, 5.74) is 0.934. The predicted octanol–water partition coefficient (Wildman–Crippen LogP) is 4.53. The Morgan fingerprint density at radius 1 is 1.34 bits per heavy atom. The van der Waals surface area contributed by atoms with E-state index in [1.165, 1.54) is 11.8 Å². The Morgan fingerprint density at radius 3 is 2.89 bits per heavy atom. The van der Waals surface area contributed by atoms with Crippen molar-refractivity contribution < 1.29 is 19.0 Å². The maximum absolute atomic E-state index is 12.4. The third-order valence-electron chi connectivity index (χ3n) is 5.85. The summed E-state index contributed by atoms with van der Waals surface area (Å²) in [5.74, 6) is 1.78. The average molecular weight is 563 g/mol. The molecular formula is C23H27BrN6O4S. The van der Waals surface area contributed by atoms with Gasteiger partial charge in [-0.25, -0.2) is 14.8 Å². The molecule has 5 rings (SSSR count). The lowest BCUT2D eigenvalue weighted by Crippen LogP contribution is -2.35. The van der Waals surface area contributed by atoms with Crippen molar-refractivity contribution in [2.24, 2.45) is 5.92 Å². The third-order valence-corrected chi connectivity index (χ3v) is 7.71. The number of rotatable bonds is 5. The molecule has 0 bridgehead atoms. The highest BCUT2D eigenvalue weighted by atomic mass is 79.9. The number of hydrogen-bond acceptors (Lipinski definition) is 8. The van der Waals surface area contributed by atoms with Gasteiger partial charge >= 0.3 is 6.09 Å². The Balaban J connectivity index is 1.28. The highest BCUT2D eigenvalue weighted by Crippen LogP contribution is 2.42. The number of carbonyl (C=O) groups is 1. The highest BCUT2D eigenvalue weighted by Gasteiger charge is 2.29. The summed E-state index contributed by atoms with van der Waals surface area (Å²) >= 11 is 5.03. The van der Waals surface area contributed by atoms with E-state index in [4.69, 9.17) is 24.6 Å². The molecule has 3 aromatic rings. The van der Waals surface area contributed by atoms with Crippen LogP contribution in [0.1, 0.15) is 33.6 Å². The predicted molar refractivity (Wildman–Crippen MR) is 133 cm³/mol. The van der Waals surface area contributed by atoms with Gasteiger partial charge in [0.25, 0.3) is 0 Å². The van der Waals surface area contributed by atoms with Crippen molar-refractivity contribution in [3.8, 4) is 11.5 Å². The fourth-order valence-electron chi connectivity index (χ4n) is 4.14. The molecule has 1 atom stereocenters. The molecule has 0 aliphatic carbocycles. The van der Waals surface area contributed by atoms with E-state index < -0.39 is 5.60 Å². The van der Waals surface area contributed by atoms with E-state index in [-0.39, 0.29) is 18.4 Å². The van der Waals surface area contributed by atoms with Crippen molar-refractivity contribution in [3.05, 3.63) is 28.4 Å². The van der Waals surface area contributed by atoms with Crippen LogP contribution in [0.4, 0.5) is 4.79 Å². The van der Waals surface area contributed by atoms with E-state index in [1.807, 2.05) is 37.5 Å². The molecule has 2 aromatic heterocycles. The van der Waals surface area contributed by atoms with E-state index in [1.54, 1.807) is 11.2 Å². The van der Waals surface area contributed by atoms with E-state index in [2.05, 4.69) is 25.9 Å². The molecule has 2 aliphatic heterocycles. The molecule has 186 valence electrons. The van der Waals surface area contributed by atoms with Crippen LogP contribution in [-0.2, 0) is 11.3 Å². The van der Waals surface area contributed by atoms with Crippen LogP contribution >= 0.6 is 27.7 Å². The van der Waals surface area contributed by atoms with Gasteiger partial charge in [0.1, 0.15) is 11.1 Å². The molecule has 0 spiro atoms. The lowest BCUT2D eigenvalue weighted by atomic mass is 10.1. The van der Waals surface area contributed by atoms with Crippen LogP contribution in [0.15, 0.2) is 33.0 Å². The van der Waals surface area contributed by atoms with Crippen molar-refractivity contribution in [2.75, 3.05) is 19.9 Å². The summed E-state index contributed by atoms with van der Waals surface area (Å²) in [4.78, 5) is 27.3. The van der Waals surface area contributed by atoms with Crippen LogP contribution < -0.4 is 15.0 Å². The zero-order chi connectivity index (χ0) is 24.7. The van der Waals surface area contributed by atoms with Crippen molar-refractivity contribution in [3.63, 3.8) is 0 Å². The molecule has 0 radical (unpaired) electrons. The second-order valence-corrected chi connectivity index (χ2v) is 11.5. The molecule has 1 aromatic carbocycles. The number of aromatic nitrogens is 4. The Bertz CT molecular complexity index is 1330. The molecule has 10 nitrogen and oxygen atoms in total. The number of likely N-dealkylation sites (tertiary alicyclic amines) is 1. The van der Waals surface area contributed by atoms with Crippen LogP contribution in [0.5, 0.6) is 11.5 Å². The smallest absolute Gasteiger partial charge is 0.410 e. The average Bonchev–Trinajstić information content (AvgIpc) is 3.52. The summed E-state index contributed by atoms with van der Waals surface area (Å²) in [6.45, 7) is 7.94. The minimum atomic E-state index is -0.494. The van der Waals surface area contributed by atoms with Gasteiger partial charge in [-0.15, -0.1) is 0 Å². The van der Waals surface area contributed by atoms with E-state index in [0.29, 0.717) is 53.4 Å². The van der Waals surface area contributed by atoms with Gasteiger partial charge in [-0.2, -0.15) is 0 Å². The van der Waals surface area contributed by atoms with E-state index in [9.17, 15) is 4.79 Å². The third kappa shape index (κ3) is 5.27. The first-order chi connectivity index (χ1) is 16.7. The molecule has 0 saturated carbocycles. The highest BCUT2D eigenvalue weighted by molar-refractivity contribution is 9.10. The first-order valence-electron chi connectivity index (χ1n) is 11.4. The number of hydrogen-bond donors (Lipinski definition) is 2. The minimum Gasteiger partial charge on any atom is -0.454 e. The molecule has 4 heterocycles. The summed E-state index contributed by atoms with van der Waals surface area (Å²) in [7, 11) is 0. The van der Waals surface area contributed by atoms with Crippen LogP contribution in [0.25, 0.3) is 11.2 Å². The van der Waals surface area contributed by atoms with Gasteiger partial charge in [-0.1, -0.05) is 11.8 Å². The van der Waals surface area contributed by atoms with Gasteiger partial charge in [-0.05, 0) is 67.6 Å². The van der Waals surface area contributed by atoms with E-state index in [0.717, 1.165) is 22.2 Å². The monoisotopic (exact) mass is 562 g/mol. The first kappa shape index (κ1) is 24.0. The molecule has 2 aliphatic rings. The standard InChI is InChI=1S/C23H27BrN6O4S/c1-23(2,3)34-22(31)29-6-4-13(10-29)5-7-30-11-26-19(25)18-20(30)28-21(27-18)35-17-9-16-15(8-14(17)24)32-12-33-16/h8-9,11,13,25H,4-7,10,12H2,1-3H3,(H,27,28)/t13-/m0/s1. The molecule has 12 heteroatoms. The Hall–Kier alpha value is -2.73. The van der Waals surface area contributed by atoms with Gasteiger partial charge < -0.3 is 28.7 Å². The van der Waals surface area contributed by atoms with Crippen LogP contribution in [0.2, 0.25) is 0 Å². The summed E-state index contributed by atoms with van der Waals surface area (Å²) in [6.07, 6.45) is 3.23. The van der Waals surface area contributed by atoms with Crippen molar-refractivity contribution >= 4 is 44.9 Å².